The number of H-pyrrole nitrogens is 1. The molecule has 212 valence electrons. The molecule has 1 aliphatic heterocycles. The Morgan fingerprint density at radius 2 is 1.45 bits per heavy atom. The molecule has 0 bridgehead atoms. The van der Waals surface area contributed by atoms with Crippen LogP contribution >= 0.6 is 11.8 Å². The van der Waals surface area contributed by atoms with Crippen molar-refractivity contribution in [1.82, 2.24) is 15.6 Å². The van der Waals surface area contributed by atoms with Crippen LogP contribution in [-0.4, -0.2) is 40.3 Å². The van der Waals surface area contributed by atoms with Gasteiger partial charge in [-0.05, 0) is 12.5 Å². The number of benzene rings is 1. The second-order valence-corrected chi connectivity index (χ2v) is 12.1. The van der Waals surface area contributed by atoms with E-state index in [9.17, 15) is 14.7 Å². The van der Waals surface area contributed by atoms with Crippen molar-refractivity contribution in [2.45, 2.75) is 121 Å². The summed E-state index contributed by atoms with van der Waals surface area (Å²) in [6, 6.07) is 7.07. The van der Waals surface area contributed by atoms with Crippen molar-refractivity contribution in [1.29, 1.82) is 0 Å². The lowest BCUT2D eigenvalue weighted by Gasteiger charge is -2.28. The average molecular weight is 544 g/mol. The van der Waals surface area contributed by atoms with Gasteiger partial charge in [0.15, 0.2) is 4.87 Å². The topological polar surface area (TPSA) is 94.2 Å². The molecule has 1 aromatic heterocycles. The number of aromatic amines is 1. The van der Waals surface area contributed by atoms with Gasteiger partial charge in [0, 0.05) is 35.0 Å². The number of hydrogen-bond acceptors (Lipinski definition) is 4. The number of para-hydroxylation sites is 1. The Balaban J connectivity index is 1.29. The van der Waals surface area contributed by atoms with Gasteiger partial charge in [0.05, 0.1) is 0 Å². The van der Waals surface area contributed by atoms with E-state index in [1.165, 1.54) is 102 Å². The number of hydrogen-bond donors (Lipinski definition) is 4. The molecule has 1 saturated heterocycles. The molecule has 2 aromatic rings. The summed E-state index contributed by atoms with van der Waals surface area (Å²) < 4.78 is 0. The molecule has 0 spiro atoms. The van der Waals surface area contributed by atoms with Gasteiger partial charge in [-0.1, -0.05) is 121 Å². The van der Waals surface area contributed by atoms with Crippen LogP contribution in [0, 0.1) is 0 Å². The largest absolute Gasteiger partial charge is 0.480 e. The number of amides is 1. The van der Waals surface area contributed by atoms with Crippen LogP contribution in [-0.2, 0) is 14.5 Å². The lowest BCUT2D eigenvalue weighted by atomic mass is 10.0. The number of fused-ring (bicyclic) bond motifs is 1. The third kappa shape index (κ3) is 9.04. The normalized spacial score (nSPS) is 19.2. The maximum absolute atomic E-state index is 13.4. The van der Waals surface area contributed by atoms with Gasteiger partial charge in [0.25, 0.3) is 5.91 Å². The molecule has 0 aliphatic carbocycles. The minimum absolute atomic E-state index is 0.156. The standard InChI is InChI=1S/C31H49N3O3S/c1-2-3-4-5-6-7-8-9-10-11-12-13-14-15-16-19-22-32-30(37)31(34-28(24-38-31)29(35)36)26-23-33-27-21-18-17-20-25(26)27/h17-18,20-21,23,28,33-34H,2-16,19,22,24H2,1H3,(H,32,37)(H,35,36)/t28-,31?/m0/s1. The van der Waals surface area contributed by atoms with Gasteiger partial charge in [-0.3, -0.25) is 14.9 Å². The van der Waals surface area contributed by atoms with E-state index in [0.29, 0.717) is 12.3 Å². The van der Waals surface area contributed by atoms with Crippen LogP contribution in [0.15, 0.2) is 30.5 Å². The predicted molar refractivity (Wildman–Crippen MR) is 160 cm³/mol. The molecule has 2 heterocycles. The highest BCUT2D eigenvalue weighted by molar-refractivity contribution is 8.01. The number of carboxylic acid groups (broad SMARTS) is 1. The fourth-order valence-electron chi connectivity index (χ4n) is 5.44. The molecule has 3 rings (SSSR count). The van der Waals surface area contributed by atoms with Gasteiger partial charge in [-0.2, -0.15) is 0 Å². The number of aromatic nitrogens is 1. The minimum Gasteiger partial charge on any atom is -0.480 e. The van der Waals surface area contributed by atoms with Crippen LogP contribution in [0.4, 0.5) is 0 Å². The van der Waals surface area contributed by atoms with E-state index >= 15 is 0 Å². The van der Waals surface area contributed by atoms with Gasteiger partial charge in [-0.15, -0.1) is 11.8 Å². The molecule has 6 nitrogen and oxygen atoms in total. The van der Waals surface area contributed by atoms with Gasteiger partial charge < -0.3 is 15.4 Å². The van der Waals surface area contributed by atoms with Crippen molar-refractivity contribution in [3.8, 4) is 0 Å². The van der Waals surface area contributed by atoms with Crippen LogP contribution in [0.3, 0.4) is 0 Å². The quantitative estimate of drug-likeness (QED) is 0.130. The molecular formula is C31H49N3O3S. The Morgan fingerprint density at radius 3 is 2.00 bits per heavy atom. The molecular weight excluding hydrogens is 494 g/mol. The summed E-state index contributed by atoms with van der Waals surface area (Å²) in [5.74, 6) is -0.733. The summed E-state index contributed by atoms with van der Waals surface area (Å²) in [6.45, 7) is 2.89. The summed E-state index contributed by atoms with van der Waals surface area (Å²) in [7, 11) is 0. The van der Waals surface area contributed by atoms with E-state index in [0.717, 1.165) is 29.3 Å². The number of carbonyl (C=O) groups is 2. The number of unbranched alkanes of at least 4 members (excludes halogenated alkanes) is 15. The van der Waals surface area contributed by atoms with Crippen molar-refractivity contribution >= 4 is 34.5 Å². The Morgan fingerprint density at radius 1 is 0.895 bits per heavy atom. The molecule has 0 radical (unpaired) electrons. The number of carbonyl (C=O) groups excluding carboxylic acids is 1. The molecule has 1 aromatic carbocycles. The summed E-state index contributed by atoms with van der Waals surface area (Å²) in [4.78, 5) is 27.2. The first-order valence-electron chi connectivity index (χ1n) is 15.1. The third-order valence-electron chi connectivity index (χ3n) is 7.75. The maximum atomic E-state index is 13.4. The van der Waals surface area contributed by atoms with Crippen LogP contribution in [0.2, 0.25) is 0 Å². The fourth-order valence-corrected chi connectivity index (χ4v) is 6.84. The number of thioether (sulfide) groups is 1. The minimum atomic E-state index is -1.10. The number of nitrogens with one attached hydrogen (secondary N) is 3. The van der Waals surface area contributed by atoms with Crippen LogP contribution in [0.5, 0.6) is 0 Å². The summed E-state index contributed by atoms with van der Waals surface area (Å²) >= 11 is 1.37. The molecule has 1 fully saturated rings. The van der Waals surface area contributed by atoms with Crippen LogP contribution < -0.4 is 10.6 Å². The first kappa shape index (κ1) is 30.6. The van der Waals surface area contributed by atoms with E-state index < -0.39 is 16.9 Å². The molecule has 1 amide bonds. The number of rotatable bonds is 20. The Labute approximate surface area is 233 Å². The first-order valence-corrected chi connectivity index (χ1v) is 16.1. The zero-order valence-corrected chi connectivity index (χ0v) is 24.2. The van der Waals surface area contributed by atoms with Crippen LogP contribution in [0.1, 0.15) is 115 Å². The molecule has 1 unspecified atom stereocenters. The van der Waals surface area contributed by atoms with E-state index in [4.69, 9.17) is 0 Å². The van der Waals surface area contributed by atoms with Crippen molar-refractivity contribution in [3.63, 3.8) is 0 Å². The maximum Gasteiger partial charge on any atom is 0.321 e. The highest BCUT2D eigenvalue weighted by Gasteiger charge is 2.50. The summed E-state index contributed by atoms with van der Waals surface area (Å²) in [5, 5.41) is 16.7. The fraction of sp³-hybridized carbons (Fsp3) is 0.677. The summed E-state index contributed by atoms with van der Waals surface area (Å²) in [5.41, 5.74) is 1.74. The highest BCUT2D eigenvalue weighted by Crippen LogP contribution is 2.43. The number of aliphatic carboxylic acids is 1. The Bertz CT molecular complexity index is 978. The van der Waals surface area contributed by atoms with Crippen molar-refractivity contribution in [3.05, 3.63) is 36.0 Å². The monoisotopic (exact) mass is 543 g/mol. The highest BCUT2D eigenvalue weighted by atomic mass is 32.2. The molecule has 4 N–H and O–H groups in total. The second-order valence-electron chi connectivity index (χ2n) is 10.8. The van der Waals surface area contributed by atoms with Crippen molar-refractivity contribution in [2.75, 3.05) is 12.3 Å². The van der Waals surface area contributed by atoms with E-state index in [1.807, 2.05) is 30.5 Å². The van der Waals surface area contributed by atoms with E-state index in [1.54, 1.807) is 0 Å². The second kappa shape index (κ2) is 16.9. The van der Waals surface area contributed by atoms with Gasteiger partial charge in [0.2, 0.25) is 0 Å². The van der Waals surface area contributed by atoms with Crippen molar-refractivity contribution < 1.29 is 14.7 Å². The van der Waals surface area contributed by atoms with Crippen molar-refractivity contribution in [2.24, 2.45) is 0 Å². The average Bonchev–Trinajstić information content (AvgIpc) is 3.56. The van der Waals surface area contributed by atoms with Gasteiger partial charge in [-0.25, -0.2) is 0 Å². The molecule has 38 heavy (non-hydrogen) atoms. The Hall–Kier alpha value is -1.99. The zero-order valence-electron chi connectivity index (χ0n) is 23.4. The first-order chi connectivity index (χ1) is 18.6. The molecule has 2 atom stereocenters. The molecule has 1 aliphatic rings. The predicted octanol–water partition coefficient (Wildman–Crippen LogP) is 7.49. The molecule has 0 saturated carbocycles. The SMILES string of the molecule is CCCCCCCCCCCCCCCCCCNC(=O)C1(c2c[nH]c3ccccc23)N[C@H](C(=O)O)CS1. The number of carboxylic acids is 1. The van der Waals surface area contributed by atoms with E-state index in [-0.39, 0.29) is 5.91 Å². The van der Waals surface area contributed by atoms with Crippen LogP contribution in [0.25, 0.3) is 10.9 Å². The Kier molecular flexibility index (Phi) is 13.6. The third-order valence-corrected chi connectivity index (χ3v) is 9.20. The lowest BCUT2D eigenvalue weighted by Crippen LogP contribution is -2.52. The molecule has 7 heteroatoms. The summed E-state index contributed by atoms with van der Waals surface area (Å²) in [6.07, 6.45) is 23.0. The van der Waals surface area contributed by atoms with E-state index in [2.05, 4.69) is 22.5 Å². The lowest BCUT2D eigenvalue weighted by molar-refractivity contribution is -0.139. The zero-order chi connectivity index (χ0) is 27.1. The van der Waals surface area contributed by atoms with Gasteiger partial charge >= 0.3 is 5.97 Å². The van der Waals surface area contributed by atoms with Gasteiger partial charge in [0.1, 0.15) is 6.04 Å². The smallest absolute Gasteiger partial charge is 0.321 e.